The molecular formula is C10H20N4O2. The molecule has 1 unspecified atom stereocenters. The van der Waals surface area contributed by atoms with Crippen molar-refractivity contribution < 1.29 is 9.53 Å². The van der Waals surface area contributed by atoms with Gasteiger partial charge >= 0.3 is 6.03 Å². The number of nitrogens with two attached hydrogens (primary N) is 1. The van der Waals surface area contributed by atoms with E-state index in [-0.39, 0.29) is 17.9 Å². The smallest absolute Gasteiger partial charge is 0.315 e. The molecule has 6 nitrogen and oxygen atoms in total. The Labute approximate surface area is 95.4 Å². The second kappa shape index (κ2) is 7.05. The molecule has 0 saturated carbocycles. The van der Waals surface area contributed by atoms with Crippen LogP contribution < -0.4 is 16.4 Å². The average molecular weight is 228 g/mol. The van der Waals surface area contributed by atoms with Gasteiger partial charge in [-0.25, -0.2) is 4.79 Å². The highest BCUT2D eigenvalue weighted by molar-refractivity contribution is 5.76. The predicted octanol–water partition coefficient (Wildman–Crippen LogP) is 0.181. The van der Waals surface area contributed by atoms with E-state index < -0.39 is 0 Å². The normalized spacial score (nSPS) is 19.4. The molecule has 1 saturated heterocycles. The van der Waals surface area contributed by atoms with Crippen LogP contribution in [0.4, 0.5) is 4.79 Å². The van der Waals surface area contributed by atoms with Gasteiger partial charge in [-0.2, -0.15) is 0 Å². The van der Waals surface area contributed by atoms with Gasteiger partial charge in [0.1, 0.15) is 0 Å². The van der Waals surface area contributed by atoms with Crippen molar-refractivity contribution in [1.29, 1.82) is 5.41 Å². The van der Waals surface area contributed by atoms with Gasteiger partial charge in [0, 0.05) is 19.6 Å². The van der Waals surface area contributed by atoms with Gasteiger partial charge in [0.15, 0.2) is 0 Å². The van der Waals surface area contributed by atoms with Crippen LogP contribution in [0.25, 0.3) is 0 Å². The van der Waals surface area contributed by atoms with Crippen molar-refractivity contribution in [2.45, 2.75) is 31.7 Å². The van der Waals surface area contributed by atoms with E-state index in [0.717, 1.165) is 25.9 Å². The highest BCUT2D eigenvalue weighted by Gasteiger charge is 2.16. The van der Waals surface area contributed by atoms with E-state index in [1.165, 1.54) is 0 Å². The van der Waals surface area contributed by atoms with Crippen LogP contribution in [-0.4, -0.2) is 37.7 Å². The average Bonchev–Trinajstić information content (AvgIpc) is 2.69. The fraction of sp³-hybridized carbons (Fsp3) is 0.800. The number of hydrogen-bond donors (Lipinski definition) is 4. The first kappa shape index (κ1) is 12.8. The van der Waals surface area contributed by atoms with Crippen molar-refractivity contribution in [3.05, 3.63) is 0 Å². The van der Waals surface area contributed by atoms with Crippen LogP contribution in [-0.2, 0) is 4.74 Å². The number of rotatable bonds is 6. The summed E-state index contributed by atoms with van der Waals surface area (Å²) in [6.45, 7) is 1.95. The Bertz CT molecular complexity index is 239. The Hall–Kier alpha value is -1.30. The second-order valence-electron chi connectivity index (χ2n) is 3.94. The van der Waals surface area contributed by atoms with Gasteiger partial charge in [0.25, 0.3) is 0 Å². The summed E-state index contributed by atoms with van der Waals surface area (Å²) in [6.07, 6.45) is 3.16. The summed E-state index contributed by atoms with van der Waals surface area (Å²) >= 11 is 0. The number of ether oxygens (including phenoxy) is 1. The second-order valence-corrected chi connectivity index (χ2v) is 3.94. The van der Waals surface area contributed by atoms with Gasteiger partial charge in [-0.1, -0.05) is 0 Å². The number of hydrogen-bond acceptors (Lipinski definition) is 3. The van der Waals surface area contributed by atoms with Crippen LogP contribution in [0.1, 0.15) is 25.7 Å². The van der Waals surface area contributed by atoms with Crippen LogP contribution in [0.5, 0.6) is 0 Å². The molecule has 6 heteroatoms. The highest BCUT2D eigenvalue weighted by Crippen LogP contribution is 2.02. The number of amides is 2. The Morgan fingerprint density at radius 2 is 2.31 bits per heavy atom. The molecule has 0 aromatic rings. The summed E-state index contributed by atoms with van der Waals surface area (Å²) < 4.78 is 5.15. The summed E-state index contributed by atoms with van der Waals surface area (Å²) in [5, 5.41) is 12.6. The van der Waals surface area contributed by atoms with Crippen molar-refractivity contribution >= 4 is 11.9 Å². The molecule has 0 aliphatic carbocycles. The van der Waals surface area contributed by atoms with Crippen molar-refractivity contribution in [2.24, 2.45) is 5.73 Å². The zero-order valence-electron chi connectivity index (χ0n) is 9.42. The van der Waals surface area contributed by atoms with E-state index in [4.69, 9.17) is 15.9 Å². The topological polar surface area (TPSA) is 100 Å². The third kappa shape index (κ3) is 5.55. The van der Waals surface area contributed by atoms with Gasteiger partial charge < -0.3 is 21.1 Å². The summed E-state index contributed by atoms with van der Waals surface area (Å²) in [6, 6.07) is 0.00976. The molecule has 0 bridgehead atoms. The lowest BCUT2D eigenvalue weighted by atomic mass is 10.2. The van der Waals surface area contributed by atoms with E-state index >= 15 is 0 Å². The monoisotopic (exact) mass is 228 g/mol. The molecule has 0 radical (unpaired) electrons. The zero-order chi connectivity index (χ0) is 11.8. The van der Waals surface area contributed by atoms with Crippen LogP contribution in [0.15, 0.2) is 0 Å². The largest absolute Gasteiger partial charge is 0.388 e. The molecule has 0 spiro atoms. The molecule has 92 valence electrons. The third-order valence-electron chi connectivity index (χ3n) is 2.42. The van der Waals surface area contributed by atoms with E-state index in [1.54, 1.807) is 0 Å². The molecule has 1 fully saturated rings. The fourth-order valence-corrected chi connectivity index (χ4v) is 1.53. The predicted molar refractivity (Wildman–Crippen MR) is 61.5 cm³/mol. The zero-order valence-corrected chi connectivity index (χ0v) is 9.42. The Morgan fingerprint density at radius 3 is 2.94 bits per heavy atom. The minimum absolute atomic E-state index is 0.140. The minimum Gasteiger partial charge on any atom is -0.388 e. The molecule has 1 atom stereocenters. The van der Waals surface area contributed by atoms with E-state index in [2.05, 4.69) is 10.6 Å². The number of urea groups is 1. The summed E-state index contributed by atoms with van der Waals surface area (Å²) in [7, 11) is 0. The van der Waals surface area contributed by atoms with E-state index in [9.17, 15) is 4.79 Å². The number of unbranched alkanes of at least 4 members (excludes halogenated alkanes) is 1. The van der Waals surface area contributed by atoms with E-state index in [0.29, 0.717) is 19.6 Å². The summed E-state index contributed by atoms with van der Waals surface area (Å²) in [4.78, 5) is 11.4. The molecule has 0 aromatic carbocycles. The van der Waals surface area contributed by atoms with Gasteiger partial charge in [-0.05, 0) is 19.3 Å². The lowest BCUT2D eigenvalue weighted by Gasteiger charge is -2.11. The van der Waals surface area contributed by atoms with Gasteiger partial charge in [0.2, 0.25) is 0 Å². The minimum atomic E-state index is -0.140. The Kier molecular flexibility index (Phi) is 5.63. The van der Waals surface area contributed by atoms with Gasteiger partial charge in [0.05, 0.1) is 18.5 Å². The maximum Gasteiger partial charge on any atom is 0.315 e. The Balaban J connectivity index is 1.95. The maximum atomic E-state index is 11.4. The first-order valence-corrected chi connectivity index (χ1v) is 5.63. The molecular weight excluding hydrogens is 208 g/mol. The summed E-state index contributed by atoms with van der Waals surface area (Å²) in [5.41, 5.74) is 5.21. The van der Waals surface area contributed by atoms with Crippen LogP contribution >= 0.6 is 0 Å². The summed E-state index contributed by atoms with van der Waals surface area (Å²) in [5.74, 6) is 0.201. The van der Waals surface area contributed by atoms with Crippen molar-refractivity contribution in [1.82, 2.24) is 10.6 Å². The number of carbonyl (C=O) groups is 1. The standard InChI is InChI=1S/C10H20N4O2/c11-9(12)3-1-2-5-13-10(15)14-8-4-6-16-7-8/h8H,1-7H2,(H3,11,12)(H2,13,14,15). The number of nitrogens with one attached hydrogen (secondary N) is 3. The van der Waals surface area contributed by atoms with Gasteiger partial charge in [-0.15, -0.1) is 0 Å². The first-order chi connectivity index (χ1) is 7.68. The molecule has 2 amide bonds. The van der Waals surface area contributed by atoms with Crippen molar-refractivity contribution in [3.63, 3.8) is 0 Å². The lowest BCUT2D eigenvalue weighted by Crippen LogP contribution is -2.42. The van der Waals surface area contributed by atoms with Crippen LogP contribution in [0, 0.1) is 5.41 Å². The number of carbonyl (C=O) groups excluding carboxylic acids is 1. The van der Waals surface area contributed by atoms with E-state index in [1.807, 2.05) is 0 Å². The molecule has 1 aliphatic heterocycles. The highest BCUT2D eigenvalue weighted by atomic mass is 16.5. The number of amidine groups is 1. The first-order valence-electron chi connectivity index (χ1n) is 5.63. The molecule has 1 heterocycles. The Morgan fingerprint density at radius 1 is 1.50 bits per heavy atom. The van der Waals surface area contributed by atoms with Crippen LogP contribution in [0.3, 0.4) is 0 Å². The van der Waals surface area contributed by atoms with Crippen LogP contribution in [0.2, 0.25) is 0 Å². The quantitative estimate of drug-likeness (QED) is 0.296. The van der Waals surface area contributed by atoms with Crippen molar-refractivity contribution in [2.75, 3.05) is 19.8 Å². The van der Waals surface area contributed by atoms with Gasteiger partial charge in [-0.3, -0.25) is 5.41 Å². The fourth-order valence-electron chi connectivity index (χ4n) is 1.53. The lowest BCUT2D eigenvalue weighted by molar-refractivity contribution is 0.188. The molecule has 16 heavy (non-hydrogen) atoms. The molecule has 0 aromatic heterocycles. The third-order valence-corrected chi connectivity index (χ3v) is 2.42. The molecule has 1 aliphatic rings. The molecule has 1 rings (SSSR count). The molecule has 5 N–H and O–H groups in total. The maximum absolute atomic E-state index is 11.4. The SMILES string of the molecule is N=C(N)CCCCNC(=O)NC1CCOC1. The van der Waals surface area contributed by atoms with Crippen molar-refractivity contribution in [3.8, 4) is 0 Å².